The van der Waals surface area contributed by atoms with Gasteiger partial charge in [0.15, 0.2) is 11.2 Å². The average molecular weight is 936 g/mol. The van der Waals surface area contributed by atoms with Crippen LogP contribution >= 0.6 is 22.7 Å². The van der Waals surface area contributed by atoms with Crippen LogP contribution in [0.2, 0.25) is 0 Å². The summed E-state index contributed by atoms with van der Waals surface area (Å²) in [7, 11) is 0. The lowest BCUT2D eigenvalue weighted by atomic mass is 10.0. The van der Waals surface area contributed by atoms with Gasteiger partial charge < -0.3 is 18.6 Å². The van der Waals surface area contributed by atoms with E-state index in [0.717, 1.165) is 83.5 Å². The number of nitrogens with zero attached hydrogens (tertiary/aromatic N) is 5. The lowest BCUT2D eigenvalue weighted by molar-refractivity contribution is 0.619. The molecule has 0 aliphatic carbocycles. The van der Waals surface area contributed by atoms with Gasteiger partial charge in [0.05, 0.1) is 10.2 Å². The van der Waals surface area contributed by atoms with E-state index in [1.54, 1.807) is 11.3 Å². The zero-order chi connectivity index (χ0) is 46.1. The minimum atomic E-state index is 0.601. The Morgan fingerprint density at radius 1 is 0.329 bits per heavy atom. The molecule has 70 heavy (non-hydrogen) atoms. The van der Waals surface area contributed by atoms with Gasteiger partial charge in [0, 0.05) is 71.0 Å². The SMILES string of the molecule is c1ccc(N(c2ccc(-c3nc4ccccc4o3)cc2)c2ccc3c(ccc4c5cc(N(c6ccc(-c7nc8ccccc8o7)cc6)c6ccc(-c7nc8ccccc8s7)cc6)ccc5sc34)c2)cc1. The smallest absolute Gasteiger partial charge is 0.227 e. The van der Waals surface area contributed by atoms with E-state index in [1.165, 1.54) is 35.6 Å². The van der Waals surface area contributed by atoms with E-state index in [1.807, 2.05) is 65.9 Å². The van der Waals surface area contributed by atoms with Gasteiger partial charge >= 0.3 is 0 Å². The van der Waals surface area contributed by atoms with Crippen LogP contribution in [0.25, 0.3) is 96.8 Å². The van der Waals surface area contributed by atoms with E-state index in [2.05, 4.69) is 180 Å². The van der Waals surface area contributed by atoms with Crippen LogP contribution in [0.5, 0.6) is 0 Å². The molecule has 0 saturated carbocycles. The van der Waals surface area contributed by atoms with Crippen LogP contribution in [0.1, 0.15) is 0 Å². The molecular weight excluding hydrogens is 899 g/mol. The zero-order valence-corrected chi connectivity index (χ0v) is 38.9. The topological polar surface area (TPSA) is 71.4 Å². The van der Waals surface area contributed by atoms with Crippen LogP contribution in [0, 0.1) is 0 Å². The number of hydrogen-bond acceptors (Lipinski definition) is 9. The predicted octanol–water partition coefficient (Wildman–Crippen LogP) is 18.0. The van der Waals surface area contributed by atoms with Crippen LogP contribution < -0.4 is 9.80 Å². The summed E-state index contributed by atoms with van der Waals surface area (Å²) < 4.78 is 15.9. The summed E-state index contributed by atoms with van der Waals surface area (Å²) in [4.78, 5) is 19.1. The first-order valence-corrected chi connectivity index (χ1v) is 24.7. The summed E-state index contributed by atoms with van der Waals surface area (Å²) in [5, 5.41) is 5.85. The maximum atomic E-state index is 6.16. The normalized spacial score (nSPS) is 11.7. The maximum absolute atomic E-state index is 6.16. The van der Waals surface area contributed by atoms with Gasteiger partial charge in [-0.15, -0.1) is 22.7 Å². The number of thiazole rings is 1. The second-order valence-corrected chi connectivity index (χ2v) is 19.3. The van der Waals surface area contributed by atoms with E-state index in [9.17, 15) is 0 Å². The first-order valence-electron chi connectivity index (χ1n) is 23.1. The van der Waals surface area contributed by atoms with Crippen molar-refractivity contribution in [2.75, 3.05) is 9.80 Å². The van der Waals surface area contributed by atoms with Crippen molar-refractivity contribution in [1.29, 1.82) is 0 Å². The van der Waals surface area contributed by atoms with Gasteiger partial charge in [0.1, 0.15) is 16.0 Å². The van der Waals surface area contributed by atoms with Crippen molar-refractivity contribution in [2.45, 2.75) is 0 Å². The van der Waals surface area contributed by atoms with E-state index in [4.69, 9.17) is 23.8 Å². The van der Waals surface area contributed by atoms with Crippen molar-refractivity contribution in [2.24, 2.45) is 0 Å². The average Bonchev–Trinajstić information content (AvgIpc) is 4.24. The molecule has 0 fully saturated rings. The Morgan fingerprint density at radius 3 is 1.44 bits per heavy atom. The van der Waals surface area contributed by atoms with Gasteiger partial charge in [0.2, 0.25) is 11.8 Å². The number of para-hydroxylation sites is 6. The van der Waals surface area contributed by atoms with Gasteiger partial charge in [-0.2, -0.15) is 0 Å². The Labute approximate surface area is 409 Å². The molecule has 9 heteroatoms. The molecule has 14 aromatic rings. The van der Waals surface area contributed by atoms with Gasteiger partial charge in [-0.1, -0.05) is 72.8 Å². The number of anilines is 6. The van der Waals surface area contributed by atoms with Crippen molar-refractivity contribution in [3.05, 3.63) is 224 Å². The molecule has 0 amide bonds. The number of rotatable bonds is 9. The lowest BCUT2D eigenvalue weighted by Gasteiger charge is -2.26. The molecule has 4 aromatic heterocycles. The monoisotopic (exact) mass is 935 g/mol. The van der Waals surface area contributed by atoms with Crippen LogP contribution in [0.4, 0.5) is 34.1 Å². The maximum Gasteiger partial charge on any atom is 0.227 e. The highest BCUT2D eigenvalue weighted by Gasteiger charge is 2.20. The van der Waals surface area contributed by atoms with E-state index < -0.39 is 0 Å². The molecule has 0 atom stereocenters. The third-order valence-electron chi connectivity index (χ3n) is 12.9. The quantitative estimate of drug-likeness (QED) is 0.143. The molecule has 0 aliphatic rings. The summed E-state index contributed by atoms with van der Waals surface area (Å²) in [6, 6.07) is 78.5. The van der Waals surface area contributed by atoms with Crippen molar-refractivity contribution >= 4 is 120 Å². The van der Waals surface area contributed by atoms with Gasteiger partial charge in [0.25, 0.3) is 0 Å². The van der Waals surface area contributed by atoms with Gasteiger partial charge in [-0.05, 0) is 162 Å². The van der Waals surface area contributed by atoms with E-state index >= 15 is 0 Å². The summed E-state index contributed by atoms with van der Waals surface area (Å²) in [5.74, 6) is 1.21. The largest absolute Gasteiger partial charge is 0.436 e. The third-order valence-corrected chi connectivity index (χ3v) is 15.3. The van der Waals surface area contributed by atoms with Crippen LogP contribution in [0.15, 0.2) is 233 Å². The highest BCUT2D eigenvalue weighted by molar-refractivity contribution is 7.26. The second kappa shape index (κ2) is 16.4. The molecule has 0 radical (unpaired) electrons. The predicted molar refractivity (Wildman–Crippen MR) is 291 cm³/mol. The number of hydrogen-bond donors (Lipinski definition) is 0. The van der Waals surface area contributed by atoms with Crippen molar-refractivity contribution < 1.29 is 8.83 Å². The minimum absolute atomic E-state index is 0.601. The molecule has 0 spiro atoms. The third kappa shape index (κ3) is 6.98. The summed E-state index contributed by atoms with van der Waals surface area (Å²) in [6.45, 7) is 0. The van der Waals surface area contributed by atoms with E-state index in [0.29, 0.717) is 11.8 Å². The van der Waals surface area contributed by atoms with Gasteiger partial charge in [-0.3, -0.25) is 0 Å². The Hall–Kier alpha value is -8.89. The summed E-state index contributed by atoms with van der Waals surface area (Å²) >= 11 is 3.56. The van der Waals surface area contributed by atoms with Crippen molar-refractivity contribution in [3.8, 4) is 33.5 Å². The molecule has 0 N–H and O–H groups in total. The zero-order valence-electron chi connectivity index (χ0n) is 37.2. The fraction of sp³-hybridized carbons (Fsp3) is 0. The lowest BCUT2D eigenvalue weighted by Crippen LogP contribution is -2.09. The second-order valence-electron chi connectivity index (χ2n) is 17.2. The number of fused-ring (bicyclic) bond motifs is 8. The number of aromatic nitrogens is 3. The molecule has 0 saturated heterocycles. The molecule has 7 nitrogen and oxygen atoms in total. The molecule has 14 rings (SSSR count). The van der Waals surface area contributed by atoms with Crippen LogP contribution in [0.3, 0.4) is 0 Å². The Morgan fingerprint density at radius 2 is 0.829 bits per heavy atom. The molecule has 330 valence electrons. The number of thiophene rings is 1. The van der Waals surface area contributed by atoms with Crippen LogP contribution in [-0.4, -0.2) is 15.0 Å². The van der Waals surface area contributed by atoms with Crippen molar-refractivity contribution in [1.82, 2.24) is 15.0 Å². The number of benzene rings is 10. The molecule has 4 heterocycles. The minimum Gasteiger partial charge on any atom is -0.436 e. The van der Waals surface area contributed by atoms with Crippen LogP contribution in [-0.2, 0) is 0 Å². The first-order chi connectivity index (χ1) is 34.6. The molecule has 0 bridgehead atoms. The molecule has 0 unspecified atom stereocenters. The summed E-state index contributed by atoms with van der Waals surface area (Å²) in [5.41, 5.74) is 13.5. The summed E-state index contributed by atoms with van der Waals surface area (Å²) in [6.07, 6.45) is 0. The van der Waals surface area contributed by atoms with Crippen molar-refractivity contribution in [3.63, 3.8) is 0 Å². The molecule has 10 aromatic carbocycles. The standard InChI is InChI=1S/C61H37N5O2S2/c1-2-10-42(11-3-1)65(43-25-18-38(19-26-43)59-62-51-12-4-7-15-54(51)67-59)46-31-34-48-41(36-46)24-33-49-50-37-47(32-35-56(50)69-58(48)49)66(44-27-20-39(21-28-44)60-63-52-13-5-8-16-55(52)68-60)45-29-22-40(23-30-45)61-64-53-14-6-9-17-57(53)70-61/h1-37H. The molecule has 0 aliphatic heterocycles. The van der Waals surface area contributed by atoms with E-state index in [-0.39, 0.29) is 0 Å². The fourth-order valence-electron chi connectivity index (χ4n) is 9.53. The molecular formula is C61H37N5O2S2. The fourth-order valence-corrected chi connectivity index (χ4v) is 11.7. The first kappa shape index (κ1) is 40.2. The Balaban J connectivity index is 0.836. The number of oxazole rings is 2. The highest BCUT2D eigenvalue weighted by Crippen LogP contribution is 2.45. The highest BCUT2D eigenvalue weighted by atomic mass is 32.1. The van der Waals surface area contributed by atoms with Gasteiger partial charge in [-0.25, -0.2) is 15.0 Å². The Kier molecular flexibility index (Phi) is 9.43. The Bertz CT molecular complexity index is 4040.